The fourth-order valence-corrected chi connectivity index (χ4v) is 3.89. The molecule has 10 heteroatoms. The van der Waals surface area contributed by atoms with E-state index < -0.39 is 28.9 Å². The monoisotopic (exact) mass is 475 g/mol. The smallest absolute Gasteiger partial charge is 0.330 e. The van der Waals surface area contributed by atoms with Crippen LogP contribution in [0.15, 0.2) is 27.8 Å². The maximum atomic E-state index is 13.5. The van der Waals surface area contributed by atoms with E-state index in [9.17, 15) is 23.2 Å². The second-order valence-corrected chi connectivity index (χ2v) is 8.43. The lowest BCUT2D eigenvalue weighted by molar-refractivity contribution is -0.121. The van der Waals surface area contributed by atoms with Gasteiger partial charge >= 0.3 is 5.69 Å². The Morgan fingerprint density at radius 3 is 2.41 bits per heavy atom. The molecule has 1 unspecified atom stereocenters. The number of nitrogens with one attached hydrogen (secondary N) is 2. The Morgan fingerprint density at radius 1 is 1.09 bits per heavy atom. The van der Waals surface area contributed by atoms with Crippen molar-refractivity contribution in [1.29, 1.82) is 0 Å². The molecule has 34 heavy (non-hydrogen) atoms. The highest BCUT2D eigenvalue weighted by Crippen LogP contribution is 2.18. The van der Waals surface area contributed by atoms with Gasteiger partial charge in [0.1, 0.15) is 5.82 Å². The predicted octanol–water partition coefficient (Wildman–Crippen LogP) is 3.57. The topological polar surface area (TPSA) is 102 Å². The first-order chi connectivity index (χ1) is 16.3. The number of carbonyl (C=O) groups is 1. The highest BCUT2D eigenvalue weighted by atomic mass is 19.2. The van der Waals surface area contributed by atoms with E-state index in [1.807, 2.05) is 13.8 Å². The molecule has 0 bridgehead atoms. The maximum Gasteiger partial charge on any atom is 0.330 e. The van der Waals surface area contributed by atoms with Crippen molar-refractivity contribution in [1.82, 2.24) is 24.4 Å². The van der Waals surface area contributed by atoms with Crippen LogP contribution in [0, 0.1) is 11.6 Å². The molecule has 2 aromatic heterocycles. The van der Waals surface area contributed by atoms with Crippen LogP contribution in [0.2, 0.25) is 0 Å². The third kappa shape index (κ3) is 5.60. The molecule has 0 saturated heterocycles. The van der Waals surface area contributed by atoms with Crippen LogP contribution in [0.5, 0.6) is 0 Å². The molecule has 0 aliphatic rings. The molecule has 184 valence electrons. The van der Waals surface area contributed by atoms with Crippen LogP contribution < -0.4 is 16.6 Å². The standard InChI is InChI=1S/C24H31F2N5O3/c1-4-6-12-30-19(28-22-21(30)23(33)29-24(34)31(22)13-7-5-2)10-11-20(32)27-15(3)16-8-9-17(25)18(26)14-16/h8-9,14-15H,4-7,10-13H2,1-3H3,(H,27,32)(H,29,33,34). The van der Waals surface area contributed by atoms with Gasteiger partial charge in [0.2, 0.25) is 5.91 Å². The third-order valence-electron chi connectivity index (χ3n) is 5.83. The normalized spacial score (nSPS) is 12.3. The van der Waals surface area contributed by atoms with Crippen LogP contribution in [0.3, 0.4) is 0 Å². The fourth-order valence-electron chi connectivity index (χ4n) is 3.89. The summed E-state index contributed by atoms with van der Waals surface area (Å²) in [5, 5.41) is 2.78. The number of aromatic amines is 1. The van der Waals surface area contributed by atoms with Crippen molar-refractivity contribution in [2.45, 2.75) is 78.4 Å². The molecule has 0 radical (unpaired) electrons. The zero-order chi connectivity index (χ0) is 24.8. The molecular weight excluding hydrogens is 444 g/mol. The number of imidazole rings is 1. The summed E-state index contributed by atoms with van der Waals surface area (Å²) >= 11 is 0. The molecule has 8 nitrogen and oxygen atoms in total. The summed E-state index contributed by atoms with van der Waals surface area (Å²) in [4.78, 5) is 44.6. The summed E-state index contributed by atoms with van der Waals surface area (Å²) in [7, 11) is 0. The van der Waals surface area contributed by atoms with Crippen LogP contribution in [0.25, 0.3) is 11.2 Å². The number of fused-ring (bicyclic) bond motifs is 1. The lowest BCUT2D eigenvalue weighted by Crippen LogP contribution is -2.31. The number of aromatic nitrogens is 4. The minimum Gasteiger partial charge on any atom is -0.350 e. The predicted molar refractivity (Wildman–Crippen MR) is 126 cm³/mol. The van der Waals surface area contributed by atoms with E-state index in [4.69, 9.17) is 0 Å². The fraction of sp³-hybridized carbons (Fsp3) is 0.500. The number of hydrogen-bond acceptors (Lipinski definition) is 4. The number of aryl methyl sites for hydroxylation is 3. The van der Waals surface area contributed by atoms with Gasteiger partial charge in [-0.05, 0) is 37.5 Å². The molecule has 1 amide bonds. The highest BCUT2D eigenvalue weighted by Gasteiger charge is 2.19. The Balaban J connectivity index is 1.84. The van der Waals surface area contributed by atoms with E-state index in [1.165, 1.54) is 10.6 Å². The van der Waals surface area contributed by atoms with Gasteiger partial charge < -0.3 is 9.88 Å². The summed E-state index contributed by atoms with van der Waals surface area (Å²) in [6.45, 7) is 6.73. The summed E-state index contributed by atoms with van der Waals surface area (Å²) in [5.41, 5.74) is 0.155. The van der Waals surface area contributed by atoms with Crippen molar-refractivity contribution in [3.63, 3.8) is 0 Å². The second kappa shape index (κ2) is 11.2. The quantitative estimate of drug-likeness (QED) is 0.443. The molecule has 0 saturated carbocycles. The Kier molecular flexibility index (Phi) is 8.36. The van der Waals surface area contributed by atoms with Crippen LogP contribution in [0.1, 0.15) is 70.3 Å². The molecule has 0 fully saturated rings. The van der Waals surface area contributed by atoms with Crippen LogP contribution in [-0.4, -0.2) is 25.0 Å². The molecule has 2 N–H and O–H groups in total. The molecule has 1 aromatic carbocycles. The number of rotatable bonds is 11. The van der Waals surface area contributed by atoms with Gasteiger partial charge in [-0.15, -0.1) is 0 Å². The number of benzene rings is 1. The molecule has 1 atom stereocenters. The zero-order valence-electron chi connectivity index (χ0n) is 19.8. The molecule has 0 spiro atoms. The first-order valence-corrected chi connectivity index (χ1v) is 11.7. The maximum absolute atomic E-state index is 13.5. The number of carbonyl (C=O) groups excluding carboxylic acids is 1. The highest BCUT2D eigenvalue weighted by molar-refractivity contribution is 5.77. The minimum atomic E-state index is -0.970. The van der Waals surface area contributed by atoms with Crippen molar-refractivity contribution in [2.24, 2.45) is 0 Å². The van der Waals surface area contributed by atoms with Gasteiger partial charge in [-0.2, -0.15) is 0 Å². The van der Waals surface area contributed by atoms with Gasteiger partial charge in [0, 0.05) is 25.9 Å². The molecule has 0 aliphatic carbocycles. The van der Waals surface area contributed by atoms with Gasteiger partial charge in [0.05, 0.1) is 6.04 Å². The molecule has 3 aromatic rings. The number of hydrogen-bond donors (Lipinski definition) is 2. The number of amides is 1. The first-order valence-electron chi connectivity index (χ1n) is 11.7. The van der Waals surface area contributed by atoms with E-state index in [0.29, 0.717) is 35.6 Å². The SMILES string of the molecule is CCCCn1c(CCC(=O)NC(C)c2ccc(F)c(F)c2)nc2c1c(=O)[nH]c(=O)n2CCCC. The zero-order valence-corrected chi connectivity index (χ0v) is 19.8. The molecule has 3 rings (SSSR count). The van der Waals surface area contributed by atoms with Crippen molar-refractivity contribution < 1.29 is 13.6 Å². The summed E-state index contributed by atoms with van der Waals surface area (Å²) in [5.74, 6) is -1.65. The van der Waals surface area contributed by atoms with E-state index >= 15 is 0 Å². The first kappa shape index (κ1) is 25.3. The second-order valence-electron chi connectivity index (χ2n) is 8.43. The average Bonchev–Trinajstić information content (AvgIpc) is 3.16. The number of unbranched alkanes of at least 4 members (excludes halogenated alkanes) is 2. The molecule has 2 heterocycles. The van der Waals surface area contributed by atoms with Gasteiger partial charge in [0.15, 0.2) is 22.8 Å². The Morgan fingerprint density at radius 2 is 1.76 bits per heavy atom. The van der Waals surface area contributed by atoms with E-state index in [2.05, 4.69) is 15.3 Å². The molecule has 0 aliphatic heterocycles. The lowest BCUT2D eigenvalue weighted by atomic mass is 10.1. The third-order valence-corrected chi connectivity index (χ3v) is 5.83. The van der Waals surface area contributed by atoms with E-state index in [-0.39, 0.29) is 18.7 Å². The van der Waals surface area contributed by atoms with Gasteiger partial charge in [-0.25, -0.2) is 18.6 Å². The Labute approximate surface area is 196 Å². The van der Waals surface area contributed by atoms with Crippen LogP contribution >= 0.6 is 0 Å². The van der Waals surface area contributed by atoms with Crippen molar-refractivity contribution >= 4 is 17.1 Å². The average molecular weight is 476 g/mol. The van der Waals surface area contributed by atoms with Gasteiger partial charge in [0.25, 0.3) is 5.56 Å². The van der Waals surface area contributed by atoms with Crippen molar-refractivity contribution in [2.75, 3.05) is 0 Å². The number of nitrogens with zero attached hydrogens (tertiary/aromatic N) is 3. The van der Waals surface area contributed by atoms with Crippen LogP contribution in [-0.2, 0) is 24.3 Å². The summed E-state index contributed by atoms with van der Waals surface area (Å²) < 4.78 is 30.0. The minimum absolute atomic E-state index is 0.0839. The summed E-state index contributed by atoms with van der Waals surface area (Å²) in [6.07, 6.45) is 3.70. The summed E-state index contributed by atoms with van der Waals surface area (Å²) in [6, 6.07) is 3.00. The lowest BCUT2D eigenvalue weighted by Gasteiger charge is -2.15. The van der Waals surface area contributed by atoms with Crippen molar-refractivity contribution in [3.05, 3.63) is 62.1 Å². The van der Waals surface area contributed by atoms with Gasteiger partial charge in [-0.3, -0.25) is 19.1 Å². The van der Waals surface area contributed by atoms with Crippen molar-refractivity contribution in [3.8, 4) is 0 Å². The van der Waals surface area contributed by atoms with Crippen LogP contribution in [0.4, 0.5) is 8.78 Å². The van der Waals surface area contributed by atoms with Gasteiger partial charge in [-0.1, -0.05) is 32.8 Å². The van der Waals surface area contributed by atoms with E-state index in [0.717, 1.165) is 37.8 Å². The Bertz CT molecular complexity index is 1280. The number of halogens is 2. The molecular formula is C24H31F2N5O3. The van der Waals surface area contributed by atoms with E-state index in [1.54, 1.807) is 11.5 Å². The largest absolute Gasteiger partial charge is 0.350 e. The number of H-pyrrole nitrogens is 1. The Hall–Kier alpha value is -3.30.